The van der Waals surface area contributed by atoms with Crippen molar-refractivity contribution in [2.75, 3.05) is 14.1 Å². The highest BCUT2D eigenvalue weighted by Gasteiger charge is 2.35. The number of carbonyl (C=O) groups is 1. The van der Waals surface area contributed by atoms with Crippen LogP contribution < -0.4 is 5.09 Å². The van der Waals surface area contributed by atoms with Crippen LogP contribution in [0.15, 0.2) is 84.9 Å². The SMILES string of the molecule is CN(Cc1ccccc1)P(=O)(NC(=O)c1ccc(F)cc1)N(C)Cc1ccccc1. The molecule has 1 amide bonds. The van der Waals surface area contributed by atoms with E-state index >= 15 is 0 Å². The Balaban J connectivity index is 1.87. The minimum Gasteiger partial charge on any atom is -0.279 e. The molecular weight excluding hydrogens is 400 g/mol. The van der Waals surface area contributed by atoms with Crippen molar-refractivity contribution in [1.82, 2.24) is 14.4 Å². The molecular formula is C23H25FN3O2P. The molecule has 3 rings (SSSR count). The molecule has 3 aromatic rings. The molecule has 0 aromatic heterocycles. The second kappa shape index (κ2) is 9.81. The van der Waals surface area contributed by atoms with E-state index < -0.39 is 19.3 Å². The summed E-state index contributed by atoms with van der Waals surface area (Å²) >= 11 is 0. The molecule has 3 aromatic carbocycles. The van der Waals surface area contributed by atoms with Gasteiger partial charge in [0, 0.05) is 18.7 Å². The van der Waals surface area contributed by atoms with E-state index in [0.717, 1.165) is 11.1 Å². The summed E-state index contributed by atoms with van der Waals surface area (Å²) in [6.45, 7) is 0.780. The minimum atomic E-state index is -3.49. The van der Waals surface area contributed by atoms with E-state index in [9.17, 15) is 13.8 Å². The quantitative estimate of drug-likeness (QED) is 0.520. The number of nitrogens with one attached hydrogen (secondary N) is 1. The van der Waals surface area contributed by atoms with Crippen LogP contribution in [0.2, 0.25) is 0 Å². The molecule has 0 atom stereocenters. The Bertz CT molecular complexity index is 962. The topological polar surface area (TPSA) is 52.7 Å². The van der Waals surface area contributed by atoms with Gasteiger partial charge in [0.25, 0.3) is 5.91 Å². The Morgan fingerprint density at radius 3 is 1.67 bits per heavy atom. The molecule has 0 saturated carbocycles. The number of rotatable bonds is 8. The summed E-state index contributed by atoms with van der Waals surface area (Å²) in [5.74, 6) is -0.949. The van der Waals surface area contributed by atoms with E-state index in [0.29, 0.717) is 13.1 Å². The molecule has 156 valence electrons. The van der Waals surface area contributed by atoms with Crippen LogP contribution in [0.4, 0.5) is 4.39 Å². The highest BCUT2D eigenvalue weighted by atomic mass is 31.2. The molecule has 0 aliphatic heterocycles. The summed E-state index contributed by atoms with van der Waals surface area (Å²) in [5, 5.41) is 2.72. The van der Waals surface area contributed by atoms with Gasteiger partial charge >= 0.3 is 7.59 Å². The third kappa shape index (κ3) is 5.42. The first kappa shape index (κ1) is 21.9. The number of benzene rings is 3. The van der Waals surface area contributed by atoms with Gasteiger partial charge in [0.1, 0.15) is 5.82 Å². The summed E-state index contributed by atoms with van der Waals surface area (Å²) in [5.41, 5.74) is 2.20. The second-order valence-corrected chi connectivity index (χ2v) is 9.77. The molecule has 0 radical (unpaired) electrons. The first-order valence-electron chi connectivity index (χ1n) is 9.58. The third-order valence-electron chi connectivity index (χ3n) is 4.79. The summed E-state index contributed by atoms with van der Waals surface area (Å²) in [7, 11) is -0.0475. The van der Waals surface area contributed by atoms with Gasteiger partial charge in [0.05, 0.1) is 0 Å². The molecule has 30 heavy (non-hydrogen) atoms. The smallest absolute Gasteiger partial charge is 0.279 e. The minimum absolute atomic E-state index is 0.248. The normalized spacial score (nSPS) is 11.6. The Kier molecular flexibility index (Phi) is 7.16. The van der Waals surface area contributed by atoms with Gasteiger partial charge < -0.3 is 0 Å². The molecule has 0 heterocycles. The lowest BCUT2D eigenvalue weighted by Crippen LogP contribution is -2.37. The third-order valence-corrected chi connectivity index (χ3v) is 7.42. The molecule has 0 aliphatic rings. The predicted octanol–water partition coefficient (Wildman–Crippen LogP) is 4.93. The number of hydrogen-bond acceptors (Lipinski definition) is 2. The van der Waals surface area contributed by atoms with E-state index in [4.69, 9.17) is 0 Å². The van der Waals surface area contributed by atoms with Crippen LogP contribution in [0.1, 0.15) is 21.5 Å². The van der Waals surface area contributed by atoms with Gasteiger partial charge in [-0.2, -0.15) is 0 Å². The Morgan fingerprint density at radius 2 is 1.23 bits per heavy atom. The molecule has 1 N–H and O–H groups in total. The van der Waals surface area contributed by atoms with Crippen LogP contribution in [0.5, 0.6) is 0 Å². The molecule has 0 fully saturated rings. The van der Waals surface area contributed by atoms with E-state index in [1.54, 1.807) is 23.4 Å². The van der Waals surface area contributed by atoms with Crippen molar-refractivity contribution in [3.63, 3.8) is 0 Å². The van der Waals surface area contributed by atoms with Gasteiger partial charge in [-0.05, 0) is 49.5 Å². The fraction of sp³-hybridized carbons (Fsp3) is 0.174. The van der Waals surface area contributed by atoms with E-state index in [1.165, 1.54) is 24.3 Å². The van der Waals surface area contributed by atoms with E-state index in [2.05, 4.69) is 5.09 Å². The second-order valence-electron chi connectivity index (χ2n) is 7.09. The lowest BCUT2D eigenvalue weighted by Gasteiger charge is -2.35. The van der Waals surface area contributed by atoms with Gasteiger partial charge in [-0.25, -0.2) is 13.7 Å². The van der Waals surface area contributed by atoms with Crippen LogP contribution in [0, 0.1) is 5.82 Å². The maximum Gasteiger partial charge on any atom is 0.311 e. The van der Waals surface area contributed by atoms with Gasteiger partial charge in [-0.15, -0.1) is 0 Å². The summed E-state index contributed by atoms with van der Waals surface area (Å²) in [4.78, 5) is 12.8. The molecule has 7 heteroatoms. The fourth-order valence-electron chi connectivity index (χ4n) is 3.12. The fourth-order valence-corrected chi connectivity index (χ4v) is 5.08. The predicted molar refractivity (Wildman–Crippen MR) is 117 cm³/mol. The Labute approximate surface area is 176 Å². The Morgan fingerprint density at radius 1 is 0.800 bits per heavy atom. The van der Waals surface area contributed by atoms with Crippen molar-refractivity contribution in [2.45, 2.75) is 13.1 Å². The zero-order valence-electron chi connectivity index (χ0n) is 17.0. The first-order valence-corrected chi connectivity index (χ1v) is 11.2. The largest absolute Gasteiger partial charge is 0.311 e. The molecule has 0 aliphatic carbocycles. The van der Waals surface area contributed by atoms with Crippen molar-refractivity contribution < 1.29 is 13.8 Å². The van der Waals surface area contributed by atoms with Crippen LogP contribution in [0.25, 0.3) is 0 Å². The van der Waals surface area contributed by atoms with E-state index in [-0.39, 0.29) is 5.56 Å². The molecule has 5 nitrogen and oxygen atoms in total. The maximum absolute atomic E-state index is 14.1. The molecule has 0 unspecified atom stereocenters. The zero-order valence-corrected chi connectivity index (χ0v) is 17.9. The first-order chi connectivity index (χ1) is 14.4. The number of amides is 1. The monoisotopic (exact) mass is 425 g/mol. The summed E-state index contributed by atoms with van der Waals surface area (Å²) < 4.78 is 30.7. The van der Waals surface area contributed by atoms with Crippen LogP contribution >= 0.6 is 7.59 Å². The average molecular weight is 425 g/mol. The Hall–Kier alpha value is -2.79. The lowest BCUT2D eigenvalue weighted by atomic mass is 10.2. The number of hydrogen-bond donors (Lipinski definition) is 1. The van der Waals surface area contributed by atoms with Gasteiger partial charge in [-0.3, -0.25) is 14.4 Å². The highest BCUT2D eigenvalue weighted by molar-refractivity contribution is 7.57. The van der Waals surface area contributed by atoms with Crippen molar-refractivity contribution in [1.29, 1.82) is 0 Å². The van der Waals surface area contributed by atoms with Crippen molar-refractivity contribution in [2.24, 2.45) is 0 Å². The number of halogens is 1. The summed E-state index contributed by atoms with van der Waals surface area (Å²) in [6.07, 6.45) is 0. The number of carbonyl (C=O) groups excluding carboxylic acids is 1. The lowest BCUT2D eigenvalue weighted by molar-refractivity contribution is 0.0974. The van der Waals surface area contributed by atoms with Crippen LogP contribution in [-0.4, -0.2) is 29.3 Å². The highest BCUT2D eigenvalue weighted by Crippen LogP contribution is 2.49. The standard InChI is InChI=1S/C23H25FN3O2P/c1-26(17-19-9-5-3-6-10-19)30(29,27(2)18-20-11-7-4-8-12-20)25-23(28)21-13-15-22(24)16-14-21/h3-16H,17-18H2,1-2H3,(H,25,28,29). The van der Waals surface area contributed by atoms with Crippen molar-refractivity contribution >= 4 is 13.5 Å². The molecule has 0 spiro atoms. The van der Waals surface area contributed by atoms with Gasteiger partial charge in [-0.1, -0.05) is 60.7 Å². The van der Waals surface area contributed by atoms with Gasteiger partial charge in [0.2, 0.25) is 0 Å². The zero-order chi connectivity index (χ0) is 21.6. The van der Waals surface area contributed by atoms with Crippen molar-refractivity contribution in [3.05, 3.63) is 107 Å². The average Bonchev–Trinajstić information content (AvgIpc) is 2.75. The van der Waals surface area contributed by atoms with Crippen LogP contribution in [-0.2, 0) is 17.7 Å². The van der Waals surface area contributed by atoms with Gasteiger partial charge in [0.15, 0.2) is 0 Å². The van der Waals surface area contributed by atoms with Crippen LogP contribution in [0.3, 0.4) is 0 Å². The molecule has 0 bridgehead atoms. The number of nitrogens with zero attached hydrogens (tertiary/aromatic N) is 2. The summed E-state index contributed by atoms with van der Waals surface area (Å²) in [6, 6.07) is 24.5. The van der Waals surface area contributed by atoms with E-state index in [1.807, 2.05) is 60.7 Å². The molecule has 0 saturated heterocycles. The van der Waals surface area contributed by atoms with Crippen molar-refractivity contribution in [3.8, 4) is 0 Å². The maximum atomic E-state index is 14.1.